The minimum Gasteiger partial charge on any atom is -0.354 e. The predicted octanol–water partition coefficient (Wildman–Crippen LogP) is 1.66. The van der Waals surface area contributed by atoms with Crippen molar-refractivity contribution in [2.75, 3.05) is 44.7 Å². The minimum atomic E-state index is -0.0175. The van der Waals surface area contributed by atoms with Crippen LogP contribution in [0.1, 0.15) is 49.8 Å². The molecule has 1 aromatic rings. The van der Waals surface area contributed by atoms with Crippen LogP contribution in [-0.2, 0) is 17.8 Å². The smallest absolute Gasteiger partial charge is 0.227 e. The number of nitrogens with two attached hydrogens (primary N) is 1. The SMILES string of the molecule is CN1C[C@@H]2CN(c3cc4c(nn3)CCN(C(=O)C3CCCCCCC3N)C4)C[C@@H]2C1. The number of nitrogens with zero attached hydrogens (tertiary/aromatic N) is 5. The summed E-state index contributed by atoms with van der Waals surface area (Å²) in [6.07, 6.45) is 7.47. The molecule has 7 heteroatoms. The molecule has 5 rings (SSSR count). The van der Waals surface area contributed by atoms with Crippen molar-refractivity contribution in [2.45, 2.75) is 57.5 Å². The maximum Gasteiger partial charge on any atom is 0.227 e. The Labute approximate surface area is 180 Å². The molecule has 4 heterocycles. The van der Waals surface area contributed by atoms with E-state index in [2.05, 4.69) is 33.1 Å². The first-order chi connectivity index (χ1) is 14.6. The molecule has 164 valence electrons. The zero-order valence-electron chi connectivity index (χ0n) is 18.3. The molecule has 2 unspecified atom stereocenters. The predicted molar refractivity (Wildman–Crippen MR) is 117 cm³/mol. The second-order valence-corrected chi connectivity index (χ2v) is 10.1. The van der Waals surface area contributed by atoms with E-state index in [0.717, 1.165) is 75.1 Å². The van der Waals surface area contributed by atoms with Gasteiger partial charge in [0, 0.05) is 51.7 Å². The molecule has 4 atom stereocenters. The Kier molecular flexibility index (Phi) is 5.67. The lowest BCUT2D eigenvalue weighted by Gasteiger charge is -2.34. The number of carbonyl (C=O) groups is 1. The third-order valence-electron chi connectivity index (χ3n) is 7.87. The number of hydrogen-bond acceptors (Lipinski definition) is 6. The summed E-state index contributed by atoms with van der Waals surface area (Å²) in [5, 5.41) is 9.11. The molecule has 3 fully saturated rings. The molecule has 0 aromatic carbocycles. The molecule has 30 heavy (non-hydrogen) atoms. The van der Waals surface area contributed by atoms with E-state index in [1.807, 2.05) is 4.90 Å². The molecule has 0 radical (unpaired) electrons. The summed E-state index contributed by atoms with van der Waals surface area (Å²) in [4.78, 5) is 20.2. The number of rotatable bonds is 2. The maximum absolute atomic E-state index is 13.3. The van der Waals surface area contributed by atoms with Gasteiger partial charge in [-0.3, -0.25) is 4.79 Å². The molecule has 1 amide bonds. The van der Waals surface area contributed by atoms with Crippen LogP contribution in [0, 0.1) is 17.8 Å². The van der Waals surface area contributed by atoms with Crippen LogP contribution in [0.15, 0.2) is 6.07 Å². The molecule has 3 aliphatic heterocycles. The first kappa shape index (κ1) is 20.2. The highest BCUT2D eigenvalue weighted by molar-refractivity contribution is 5.80. The van der Waals surface area contributed by atoms with Gasteiger partial charge < -0.3 is 20.4 Å². The van der Waals surface area contributed by atoms with Crippen molar-refractivity contribution in [3.05, 3.63) is 17.3 Å². The lowest BCUT2D eigenvalue weighted by atomic mass is 9.86. The Balaban J connectivity index is 1.28. The van der Waals surface area contributed by atoms with Gasteiger partial charge in [-0.05, 0) is 43.4 Å². The molecular formula is C23H36N6O. The number of fused-ring (bicyclic) bond motifs is 2. The van der Waals surface area contributed by atoms with Gasteiger partial charge in [0.15, 0.2) is 5.82 Å². The molecule has 4 aliphatic rings. The average Bonchev–Trinajstić information content (AvgIpc) is 3.27. The van der Waals surface area contributed by atoms with E-state index in [4.69, 9.17) is 5.73 Å². The van der Waals surface area contributed by atoms with E-state index < -0.39 is 0 Å². The Hall–Kier alpha value is -1.73. The van der Waals surface area contributed by atoms with Crippen molar-refractivity contribution in [2.24, 2.45) is 23.5 Å². The number of carbonyl (C=O) groups excluding carboxylic acids is 1. The van der Waals surface area contributed by atoms with Crippen molar-refractivity contribution >= 4 is 11.7 Å². The molecular weight excluding hydrogens is 376 g/mol. The first-order valence-electron chi connectivity index (χ1n) is 11.9. The number of hydrogen-bond donors (Lipinski definition) is 1. The van der Waals surface area contributed by atoms with Crippen molar-refractivity contribution in [1.82, 2.24) is 20.0 Å². The van der Waals surface area contributed by atoms with Crippen LogP contribution < -0.4 is 10.6 Å². The minimum absolute atomic E-state index is 0.00691. The average molecular weight is 413 g/mol. The summed E-state index contributed by atoms with van der Waals surface area (Å²) in [6.45, 7) is 5.91. The highest BCUT2D eigenvalue weighted by Crippen LogP contribution is 2.33. The molecule has 0 bridgehead atoms. The lowest BCUT2D eigenvalue weighted by molar-refractivity contribution is -0.137. The van der Waals surface area contributed by atoms with Gasteiger partial charge in [-0.1, -0.05) is 25.7 Å². The van der Waals surface area contributed by atoms with E-state index in [9.17, 15) is 4.79 Å². The second-order valence-electron chi connectivity index (χ2n) is 10.1. The highest BCUT2D eigenvalue weighted by Gasteiger charge is 2.39. The van der Waals surface area contributed by atoms with Gasteiger partial charge >= 0.3 is 0 Å². The molecule has 1 saturated carbocycles. The maximum atomic E-state index is 13.3. The van der Waals surface area contributed by atoms with Crippen LogP contribution in [0.4, 0.5) is 5.82 Å². The van der Waals surface area contributed by atoms with E-state index in [-0.39, 0.29) is 17.9 Å². The van der Waals surface area contributed by atoms with E-state index in [1.165, 1.54) is 31.5 Å². The van der Waals surface area contributed by atoms with Crippen molar-refractivity contribution in [3.8, 4) is 0 Å². The third kappa shape index (κ3) is 3.94. The molecule has 1 aromatic heterocycles. The number of likely N-dealkylation sites (tertiary alicyclic amines) is 1. The summed E-state index contributed by atoms with van der Waals surface area (Å²) in [5.74, 6) is 2.71. The normalized spacial score (nSPS) is 32.5. The van der Waals surface area contributed by atoms with E-state index in [0.29, 0.717) is 6.54 Å². The molecule has 1 aliphatic carbocycles. The fraction of sp³-hybridized carbons (Fsp3) is 0.783. The molecule has 2 saturated heterocycles. The second kappa shape index (κ2) is 8.42. The number of anilines is 1. The summed E-state index contributed by atoms with van der Waals surface area (Å²) in [5.41, 5.74) is 8.67. The summed E-state index contributed by atoms with van der Waals surface area (Å²) in [6, 6.07) is 2.21. The van der Waals surface area contributed by atoms with Crippen LogP contribution in [0.2, 0.25) is 0 Å². The Morgan fingerprint density at radius 1 is 1.03 bits per heavy atom. The van der Waals surface area contributed by atoms with Crippen molar-refractivity contribution < 1.29 is 4.79 Å². The third-order valence-corrected chi connectivity index (χ3v) is 7.87. The Morgan fingerprint density at radius 2 is 1.77 bits per heavy atom. The fourth-order valence-corrected chi connectivity index (χ4v) is 6.13. The lowest BCUT2D eigenvalue weighted by Crippen LogP contribution is -2.46. The van der Waals surface area contributed by atoms with Gasteiger partial charge in [-0.25, -0.2) is 0 Å². The van der Waals surface area contributed by atoms with Gasteiger partial charge in [0.05, 0.1) is 11.6 Å². The number of aromatic nitrogens is 2. The fourth-order valence-electron chi connectivity index (χ4n) is 6.13. The summed E-state index contributed by atoms with van der Waals surface area (Å²) in [7, 11) is 2.22. The Bertz CT molecular complexity index is 771. The van der Waals surface area contributed by atoms with Crippen molar-refractivity contribution in [1.29, 1.82) is 0 Å². The van der Waals surface area contributed by atoms with Gasteiger partial charge in [-0.2, -0.15) is 5.10 Å². The van der Waals surface area contributed by atoms with Gasteiger partial charge in [0.1, 0.15) is 0 Å². The van der Waals surface area contributed by atoms with Gasteiger partial charge in [0.25, 0.3) is 0 Å². The van der Waals surface area contributed by atoms with Crippen LogP contribution in [0.5, 0.6) is 0 Å². The van der Waals surface area contributed by atoms with E-state index in [1.54, 1.807) is 0 Å². The highest BCUT2D eigenvalue weighted by atomic mass is 16.2. The van der Waals surface area contributed by atoms with Gasteiger partial charge in [0.2, 0.25) is 5.91 Å². The monoisotopic (exact) mass is 412 g/mol. The number of amides is 1. The Morgan fingerprint density at radius 3 is 2.53 bits per heavy atom. The van der Waals surface area contributed by atoms with Crippen LogP contribution in [-0.4, -0.2) is 71.7 Å². The molecule has 0 spiro atoms. The van der Waals surface area contributed by atoms with Crippen LogP contribution in [0.3, 0.4) is 0 Å². The largest absolute Gasteiger partial charge is 0.354 e. The molecule has 2 N–H and O–H groups in total. The quantitative estimate of drug-likeness (QED) is 0.796. The van der Waals surface area contributed by atoms with Gasteiger partial charge in [-0.15, -0.1) is 5.10 Å². The van der Waals surface area contributed by atoms with Crippen LogP contribution >= 0.6 is 0 Å². The zero-order chi connectivity index (χ0) is 20.7. The molecule has 7 nitrogen and oxygen atoms in total. The summed E-state index contributed by atoms with van der Waals surface area (Å²) >= 11 is 0. The standard InChI is InChI=1S/C23H36N6O/c1-27-11-17-14-29(15-18(17)12-27)22-10-16-13-28(9-8-21(16)25-26-22)23(30)19-6-4-2-3-5-7-20(19)24/h10,17-20H,2-9,11-15,24H2,1H3/t17-,18+,19?,20?. The van der Waals surface area contributed by atoms with Crippen LogP contribution in [0.25, 0.3) is 0 Å². The topological polar surface area (TPSA) is 78.6 Å². The first-order valence-corrected chi connectivity index (χ1v) is 11.9. The zero-order valence-corrected chi connectivity index (χ0v) is 18.3. The van der Waals surface area contributed by atoms with E-state index >= 15 is 0 Å². The van der Waals surface area contributed by atoms with Crippen molar-refractivity contribution in [3.63, 3.8) is 0 Å². The summed E-state index contributed by atoms with van der Waals surface area (Å²) < 4.78 is 0.